The molecule has 5 rings (SSSR count). The lowest BCUT2D eigenvalue weighted by Crippen LogP contribution is -2.37. The van der Waals surface area contributed by atoms with Gasteiger partial charge in [0.25, 0.3) is 11.8 Å². The first-order chi connectivity index (χ1) is 17.5. The van der Waals surface area contributed by atoms with Crippen molar-refractivity contribution in [3.05, 3.63) is 88.7 Å². The van der Waals surface area contributed by atoms with Gasteiger partial charge in [-0.1, -0.05) is 18.2 Å². The fraction of sp³-hybridized carbons (Fsp3) is 0.310. The number of carbonyl (C=O) groups is 2. The molecule has 2 fully saturated rings. The smallest absolute Gasteiger partial charge is 0.253 e. The quantitative estimate of drug-likeness (QED) is 0.523. The van der Waals surface area contributed by atoms with E-state index in [2.05, 4.69) is 21.7 Å². The van der Waals surface area contributed by atoms with Gasteiger partial charge in [0, 0.05) is 36.6 Å². The third-order valence-corrected chi connectivity index (χ3v) is 6.97. The van der Waals surface area contributed by atoms with Crippen LogP contribution in [0.3, 0.4) is 0 Å². The second kappa shape index (κ2) is 10.2. The van der Waals surface area contributed by atoms with Crippen LogP contribution >= 0.6 is 0 Å². The molecule has 0 radical (unpaired) electrons. The SMILES string of the molecule is Cc1ccc(C(=O)N2CCC(c3ccc(C#N)cc3)CC2)cc1Nc1cncc(C(=O)NC2CC2)c1. The number of rotatable bonds is 6. The molecule has 0 bridgehead atoms. The van der Waals surface area contributed by atoms with Crippen molar-refractivity contribution >= 4 is 23.2 Å². The highest BCUT2D eigenvalue weighted by atomic mass is 16.2. The summed E-state index contributed by atoms with van der Waals surface area (Å²) in [5.74, 6) is 0.305. The van der Waals surface area contributed by atoms with Crippen LogP contribution in [-0.2, 0) is 0 Å². The Morgan fingerprint density at radius 3 is 2.42 bits per heavy atom. The van der Waals surface area contributed by atoms with E-state index in [1.807, 2.05) is 54.3 Å². The molecule has 0 spiro atoms. The number of pyridine rings is 1. The van der Waals surface area contributed by atoms with Crippen molar-refractivity contribution in [1.82, 2.24) is 15.2 Å². The van der Waals surface area contributed by atoms with E-state index in [-0.39, 0.29) is 17.9 Å². The number of amides is 2. The summed E-state index contributed by atoms with van der Waals surface area (Å²) < 4.78 is 0. The number of benzene rings is 2. The number of hydrogen-bond acceptors (Lipinski definition) is 5. The molecule has 1 saturated heterocycles. The summed E-state index contributed by atoms with van der Waals surface area (Å²) in [4.78, 5) is 31.8. The predicted molar refractivity (Wildman–Crippen MR) is 138 cm³/mol. The molecule has 7 heteroatoms. The second-order valence-electron chi connectivity index (χ2n) is 9.67. The first-order valence-electron chi connectivity index (χ1n) is 12.4. The number of anilines is 2. The summed E-state index contributed by atoms with van der Waals surface area (Å²) in [5.41, 5.74) is 5.56. The number of carbonyl (C=O) groups excluding carboxylic acids is 2. The zero-order valence-electron chi connectivity index (χ0n) is 20.3. The Labute approximate surface area is 211 Å². The third-order valence-electron chi connectivity index (χ3n) is 6.97. The van der Waals surface area contributed by atoms with Crippen LogP contribution < -0.4 is 10.6 Å². The van der Waals surface area contributed by atoms with Gasteiger partial charge in [-0.2, -0.15) is 5.26 Å². The minimum Gasteiger partial charge on any atom is -0.354 e. The maximum absolute atomic E-state index is 13.3. The Morgan fingerprint density at radius 2 is 1.72 bits per heavy atom. The Kier molecular flexibility index (Phi) is 6.68. The van der Waals surface area contributed by atoms with Crippen molar-refractivity contribution in [3.63, 3.8) is 0 Å². The van der Waals surface area contributed by atoms with Gasteiger partial charge in [-0.25, -0.2) is 0 Å². The predicted octanol–water partition coefficient (Wildman–Crippen LogP) is 4.92. The van der Waals surface area contributed by atoms with Gasteiger partial charge < -0.3 is 15.5 Å². The molecule has 2 aliphatic rings. The van der Waals surface area contributed by atoms with Crippen LogP contribution in [0.15, 0.2) is 60.9 Å². The maximum atomic E-state index is 13.3. The van der Waals surface area contributed by atoms with Gasteiger partial charge in [0.1, 0.15) is 0 Å². The lowest BCUT2D eigenvalue weighted by atomic mass is 9.89. The number of nitrogens with one attached hydrogen (secondary N) is 2. The highest BCUT2D eigenvalue weighted by Crippen LogP contribution is 2.30. The van der Waals surface area contributed by atoms with E-state index in [9.17, 15) is 9.59 Å². The number of nitriles is 1. The van der Waals surface area contributed by atoms with Gasteiger partial charge >= 0.3 is 0 Å². The topological polar surface area (TPSA) is 98.1 Å². The van der Waals surface area contributed by atoms with E-state index >= 15 is 0 Å². The molecule has 182 valence electrons. The van der Waals surface area contributed by atoms with Crippen molar-refractivity contribution in [2.75, 3.05) is 18.4 Å². The molecule has 1 saturated carbocycles. The largest absolute Gasteiger partial charge is 0.354 e. The van der Waals surface area contributed by atoms with E-state index in [4.69, 9.17) is 5.26 Å². The summed E-state index contributed by atoms with van der Waals surface area (Å²) in [6.07, 6.45) is 7.10. The van der Waals surface area contributed by atoms with E-state index in [0.717, 1.165) is 36.9 Å². The molecule has 1 aliphatic heterocycles. The van der Waals surface area contributed by atoms with Crippen molar-refractivity contribution in [2.24, 2.45) is 0 Å². The Hall–Kier alpha value is -4.18. The Balaban J connectivity index is 1.24. The number of aromatic nitrogens is 1. The average Bonchev–Trinajstić information content (AvgIpc) is 3.74. The van der Waals surface area contributed by atoms with Crippen molar-refractivity contribution in [2.45, 2.75) is 44.6 Å². The van der Waals surface area contributed by atoms with E-state index in [1.165, 1.54) is 5.56 Å². The molecule has 2 aromatic carbocycles. The molecule has 2 amide bonds. The second-order valence-corrected chi connectivity index (χ2v) is 9.67. The van der Waals surface area contributed by atoms with E-state index in [0.29, 0.717) is 41.4 Å². The van der Waals surface area contributed by atoms with Crippen molar-refractivity contribution < 1.29 is 9.59 Å². The first kappa shape index (κ1) is 23.6. The molecule has 36 heavy (non-hydrogen) atoms. The fourth-order valence-electron chi connectivity index (χ4n) is 4.60. The van der Waals surface area contributed by atoms with Gasteiger partial charge in [-0.15, -0.1) is 0 Å². The van der Waals surface area contributed by atoms with Gasteiger partial charge in [0.15, 0.2) is 0 Å². The molecule has 1 aliphatic carbocycles. The minimum atomic E-state index is -0.112. The summed E-state index contributed by atoms with van der Waals surface area (Å²) >= 11 is 0. The van der Waals surface area contributed by atoms with Crippen LogP contribution in [0.5, 0.6) is 0 Å². The molecule has 0 unspecified atom stereocenters. The first-order valence-corrected chi connectivity index (χ1v) is 12.4. The average molecular weight is 480 g/mol. The van der Waals surface area contributed by atoms with Gasteiger partial charge in [0.2, 0.25) is 0 Å². The third kappa shape index (κ3) is 5.38. The molecule has 2 heterocycles. The number of aryl methyl sites for hydroxylation is 1. The van der Waals surface area contributed by atoms with Crippen molar-refractivity contribution in [3.8, 4) is 6.07 Å². The van der Waals surface area contributed by atoms with Gasteiger partial charge in [-0.3, -0.25) is 14.6 Å². The normalized spacial score (nSPS) is 15.7. The summed E-state index contributed by atoms with van der Waals surface area (Å²) in [7, 11) is 0. The zero-order chi connectivity index (χ0) is 25.1. The highest BCUT2D eigenvalue weighted by molar-refractivity contribution is 5.96. The number of hydrogen-bond donors (Lipinski definition) is 2. The zero-order valence-corrected chi connectivity index (χ0v) is 20.3. The van der Waals surface area contributed by atoms with Gasteiger partial charge in [-0.05, 0) is 80.0 Å². The number of likely N-dealkylation sites (tertiary alicyclic amines) is 1. The number of nitrogens with zero attached hydrogens (tertiary/aromatic N) is 3. The Morgan fingerprint density at radius 1 is 0.972 bits per heavy atom. The fourth-order valence-corrected chi connectivity index (χ4v) is 4.60. The summed E-state index contributed by atoms with van der Waals surface area (Å²) in [5, 5.41) is 15.3. The van der Waals surface area contributed by atoms with Crippen LogP contribution in [0.2, 0.25) is 0 Å². The monoisotopic (exact) mass is 479 g/mol. The summed E-state index contributed by atoms with van der Waals surface area (Å²) in [6.45, 7) is 3.38. The molecule has 1 aromatic heterocycles. The lowest BCUT2D eigenvalue weighted by Gasteiger charge is -2.32. The minimum absolute atomic E-state index is 0.0204. The van der Waals surface area contributed by atoms with Gasteiger partial charge in [0.05, 0.1) is 29.1 Å². The lowest BCUT2D eigenvalue weighted by molar-refractivity contribution is 0.0713. The number of piperidine rings is 1. The van der Waals surface area contributed by atoms with E-state index in [1.54, 1.807) is 18.5 Å². The van der Waals surface area contributed by atoms with Crippen LogP contribution in [0.25, 0.3) is 0 Å². The Bertz CT molecular complexity index is 1320. The highest BCUT2D eigenvalue weighted by Gasteiger charge is 2.26. The molecular formula is C29H29N5O2. The standard InChI is InChI=1S/C29H29N5O2/c1-19-2-5-23(15-27(19)32-26-14-24(17-31-18-26)28(35)33-25-8-9-25)29(36)34-12-10-22(11-13-34)21-6-3-20(16-30)4-7-21/h2-7,14-15,17-18,22,25,32H,8-13H2,1H3,(H,33,35). The van der Waals surface area contributed by atoms with Crippen LogP contribution in [0, 0.1) is 18.3 Å². The van der Waals surface area contributed by atoms with E-state index < -0.39 is 0 Å². The van der Waals surface area contributed by atoms with Crippen LogP contribution in [-0.4, -0.2) is 40.8 Å². The molecule has 2 N–H and O–H groups in total. The molecule has 3 aromatic rings. The van der Waals surface area contributed by atoms with Crippen LogP contribution in [0.1, 0.15) is 69.0 Å². The van der Waals surface area contributed by atoms with Crippen molar-refractivity contribution in [1.29, 1.82) is 5.26 Å². The van der Waals surface area contributed by atoms with Crippen LogP contribution in [0.4, 0.5) is 11.4 Å². The summed E-state index contributed by atoms with van der Waals surface area (Å²) in [6, 6.07) is 17.7. The maximum Gasteiger partial charge on any atom is 0.253 e. The molecule has 0 atom stereocenters. The molecular weight excluding hydrogens is 450 g/mol. The molecule has 7 nitrogen and oxygen atoms in total.